The Morgan fingerprint density at radius 3 is 2.38 bits per heavy atom. The van der Waals surface area contributed by atoms with Crippen molar-refractivity contribution in [2.24, 2.45) is 11.8 Å². The maximum absolute atomic E-state index is 12.5. The third kappa shape index (κ3) is 3.39. The Morgan fingerprint density at radius 2 is 1.81 bits per heavy atom. The minimum Gasteiger partial charge on any atom is -0.331 e. The maximum atomic E-state index is 12.5. The van der Waals surface area contributed by atoms with Gasteiger partial charge >= 0.3 is 6.03 Å². The molecule has 0 spiro atoms. The van der Waals surface area contributed by atoms with E-state index in [-0.39, 0.29) is 12.1 Å². The molecule has 1 heterocycles. The summed E-state index contributed by atoms with van der Waals surface area (Å²) in [4.78, 5) is 14.5. The van der Waals surface area contributed by atoms with Crippen molar-refractivity contribution in [2.75, 3.05) is 13.1 Å². The maximum Gasteiger partial charge on any atom is 0.317 e. The minimum absolute atomic E-state index is 0.127. The van der Waals surface area contributed by atoms with Gasteiger partial charge in [0.1, 0.15) is 0 Å². The van der Waals surface area contributed by atoms with Gasteiger partial charge in [0.25, 0.3) is 0 Å². The monoisotopic (exact) mass is 286 g/mol. The lowest BCUT2D eigenvalue weighted by molar-refractivity contribution is 0.157. The average Bonchev–Trinajstić information content (AvgIpc) is 2.46. The standard InChI is InChI=1S/C18H26N2O/c1-14-10-12-20(13-11-14)18(21)19-17(16-8-5-9-16)15-6-3-2-4-7-15/h2-4,6-7,14,16-17H,5,8-13H2,1H3,(H,19,21). The van der Waals surface area contributed by atoms with Gasteiger partial charge in [-0.25, -0.2) is 4.79 Å². The highest BCUT2D eigenvalue weighted by Crippen LogP contribution is 2.37. The summed E-state index contributed by atoms with van der Waals surface area (Å²) in [5, 5.41) is 3.31. The largest absolute Gasteiger partial charge is 0.331 e. The molecule has 1 saturated carbocycles. The first-order chi connectivity index (χ1) is 10.2. The number of hydrogen-bond donors (Lipinski definition) is 1. The molecule has 2 amide bonds. The van der Waals surface area contributed by atoms with Crippen molar-refractivity contribution in [1.29, 1.82) is 0 Å². The van der Waals surface area contributed by atoms with Crippen LogP contribution in [0.3, 0.4) is 0 Å². The minimum atomic E-state index is 0.127. The zero-order chi connectivity index (χ0) is 14.7. The summed E-state index contributed by atoms with van der Waals surface area (Å²) >= 11 is 0. The van der Waals surface area contributed by atoms with Crippen molar-refractivity contribution in [3.8, 4) is 0 Å². The second kappa shape index (κ2) is 6.50. The summed E-state index contributed by atoms with van der Waals surface area (Å²) in [5.74, 6) is 1.37. The van der Waals surface area contributed by atoms with E-state index in [0.717, 1.165) is 31.8 Å². The molecule has 3 nitrogen and oxygen atoms in total. The van der Waals surface area contributed by atoms with Crippen molar-refractivity contribution in [2.45, 2.75) is 45.1 Å². The van der Waals surface area contributed by atoms with E-state index >= 15 is 0 Å². The van der Waals surface area contributed by atoms with E-state index in [1.807, 2.05) is 11.0 Å². The number of hydrogen-bond acceptors (Lipinski definition) is 1. The van der Waals surface area contributed by atoms with Crippen molar-refractivity contribution >= 4 is 6.03 Å². The molecular weight excluding hydrogens is 260 g/mol. The van der Waals surface area contributed by atoms with E-state index in [1.54, 1.807) is 0 Å². The van der Waals surface area contributed by atoms with E-state index in [9.17, 15) is 4.79 Å². The molecule has 0 radical (unpaired) electrons. The Balaban J connectivity index is 1.65. The van der Waals surface area contributed by atoms with Crippen molar-refractivity contribution in [1.82, 2.24) is 10.2 Å². The fraction of sp³-hybridized carbons (Fsp3) is 0.611. The highest BCUT2D eigenvalue weighted by Gasteiger charge is 2.31. The molecule has 114 valence electrons. The average molecular weight is 286 g/mol. The molecule has 1 atom stereocenters. The van der Waals surface area contributed by atoms with Gasteiger partial charge in [-0.3, -0.25) is 0 Å². The lowest BCUT2D eigenvalue weighted by Gasteiger charge is -2.37. The number of likely N-dealkylation sites (tertiary alicyclic amines) is 1. The molecule has 1 aromatic rings. The first-order valence-corrected chi connectivity index (χ1v) is 8.34. The molecule has 1 saturated heterocycles. The van der Waals surface area contributed by atoms with Crippen molar-refractivity contribution < 1.29 is 4.79 Å². The van der Waals surface area contributed by atoms with E-state index in [0.29, 0.717) is 5.92 Å². The van der Waals surface area contributed by atoms with Crippen LogP contribution in [0.1, 0.15) is 50.6 Å². The van der Waals surface area contributed by atoms with Crippen LogP contribution in [0, 0.1) is 11.8 Å². The molecule has 1 aliphatic heterocycles. The molecule has 3 rings (SSSR count). The van der Waals surface area contributed by atoms with E-state index in [2.05, 4.69) is 36.5 Å². The van der Waals surface area contributed by atoms with Crippen LogP contribution in [-0.2, 0) is 0 Å². The van der Waals surface area contributed by atoms with Gasteiger partial charge in [0.2, 0.25) is 0 Å². The van der Waals surface area contributed by atoms with Crippen LogP contribution in [0.15, 0.2) is 30.3 Å². The fourth-order valence-electron chi connectivity index (χ4n) is 3.34. The smallest absolute Gasteiger partial charge is 0.317 e. The van der Waals surface area contributed by atoms with Crippen molar-refractivity contribution in [3.05, 3.63) is 35.9 Å². The van der Waals surface area contributed by atoms with Crippen molar-refractivity contribution in [3.63, 3.8) is 0 Å². The van der Waals surface area contributed by atoms with Crippen LogP contribution in [-0.4, -0.2) is 24.0 Å². The zero-order valence-corrected chi connectivity index (χ0v) is 12.9. The van der Waals surface area contributed by atoms with E-state index < -0.39 is 0 Å². The Hall–Kier alpha value is -1.51. The number of nitrogens with zero attached hydrogens (tertiary/aromatic N) is 1. The third-order valence-electron chi connectivity index (χ3n) is 5.13. The number of piperidine rings is 1. The van der Waals surface area contributed by atoms with Crippen LogP contribution >= 0.6 is 0 Å². The summed E-state index contributed by atoms with van der Waals surface area (Å²) < 4.78 is 0. The van der Waals surface area contributed by atoms with Crippen LogP contribution in [0.5, 0.6) is 0 Å². The summed E-state index contributed by atoms with van der Waals surface area (Å²) in [6.07, 6.45) is 6.03. The van der Waals surface area contributed by atoms with Gasteiger partial charge in [0.15, 0.2) is 0 Å². The number of carbonyl (C=O) groups is 1. The second-order valence-corrected chi connectivity index (χ2v) is 6.70. The number of nitrogens with one attached hydrogen (secondary N) is 1. The highest BCUT2D eigenvalue weighted by molar-refractivity contribution is 5.75. The molecule has 2 aliphatic rings. The molecule has 1 N–H and O–H groups in total. The molecule has 2 fully saturated rings. The Kier molecular flexibility index (Phi) is 4.47. The van der Waals surface area contributed by atoms with Crippen LogP contribution < -0.4 is 5.32 Å². The first-order valence-electron chi connectivity index (χ1n) is 8.34. The molecule has 21 heavy (non-hydrogen) atoms. The van der Waals surface area contributed by atoms with Gasteiger partial charge in [0, 0.05) is 13.1 Å². The number of benzene rings is 1. The zero-order valence-electron chi connectivity index (χ0n) is 12.9. The predicted molar refractivity (Wildman–Crippen MR) is 85.0 cm³/mol. The first kappa shape index (κ1) is 14.4. The lowest BCUT2D eigenvalue weighted by atomic mass is 9.77. The third-order valence-corrected chi connectivity index (χ3v) is 5.13. The SMILES string of the molecule is CC1CCN(C(=O)NC(c2ccccc2)C2CCC2)CC1. The van der Waals surface area contributed by atoms with Gasteiger partial charge in [-0.15, -0.1) is 0 Å². The number of rotatable bonds is 3. The summed E-state index contributed by atoms with van der Waals surface area (Å²) in [6.45, 7) is 4.08. The molecule has 1 unspecified atom stereocenters. The Morgan fingerprint density at radius 1 is 1.14 bits per heavy atom. The molecular formula is C18H26N2O. The number of amides is 2. The normalized spacial score (nSPS) is 21.7. The summed E-state index contributed by atoms with van der Waals surface area (Å²) in [6, 6.07) is 10.8. The Labute approximate surface area is 127 Å². The molecule has 1 aromatic carbocycles. The predicted octanol–water partition coefficient (Wildman–Crippen LogP) is 3.97. The summed E-state index contributed by atoms with van der Waals surface area (Å²) in [5.41, 5.74) is 1.25. The topological polar surface area (TPSA) is 32.3 Å². The quantitative estimate of drug-likeness (QED) is 0.896. The van der Waals surface area contributed by atoms with Crippen LogP contribution in [0.25, 0.3) is 0 Å². The van der Waals surface area contributed by atoms with Gasteiger partial charge < -0.3 is 10.2 Å². The molecule has 0 aromatic heterocycles. The van der Waals surface area contributed by atoms with Crippen LogP contribution in [0.4, 0.5) is 4.79 Å². The van der Waals surface area contributed by atoms with Crippen LogP contribution in [0.2, 0.25) is 0 Å². The fourth-order valence-corrected chi connectivity index (χ4v) is 3.34. The summed E-state index contributed by atoms with van der Waals surface area (Å²) in [7, 11) is 0. The van der Waals surface area contributed by atoms with Gasteiger partial charge in [0.05, 0.1) is 6.04 Å². The molecule has 0 bridgehead atoms. The number of carbonyl (C=O) groups excluding carboxylic acids is 1. The highest BCUT2D eigenvalue weighted by atomic mass is 16.2. The van der Waals surface area contributed by atoms with E-state index in [1.165, 1.54) is 24.8 Å². The second-order valence-electron chi connectivity index (χ2n) is 6.70. The lowest BCUT2D eigenvalue weighted by Crippen LogP contribution is -2.47. The molecule has 3 heteroatoms. The number of urea groups is 1. The Bertz CT molecular complexity index is 461. The van der Waals surface area contributed by atoms with E-state index in [4.69, 9.17) is 0 Å². The van der Waals surface area contributed by atoms with Gasteiger partial charge in [-0.2, -0.15) is 0 Å². The van der Waals surface area contributed by atoms with Gasteiger partial charge in [-0.05, 0) is 43.1 Å². The molecule has 1 aliphatic carbocycles. The van der Waals surface area contributed by atoms with Gasteiger partial charge in [-0.1, -0.05) is 43.7 Å².